The Labute approximate surface area is 161 Å². The molecule has 2 rings (SSSR count). The Kier molecular flexibility index (Phi) is 6.91. The van der Waals surface area contributed by atoms with Crippen LogP contribution in [0.4, 0.5) is 11.4 Å². The Morgan fingerprint density at radius 1 is 0.964 bits per heavy atom. The van der Waals surface area contributed by atoms with Gasteiger partial charge < -0.3 is 24.8 Å². The summed E-state index contributed by atoms with van der Waals surface area (Å²) < 4.78 is 14.5. The van der Waals surface area contributed by atoms with Gasteiger partial charge in [0.1, 0.15) is 11.3 Å². The number of esters is 3. The van der Waals surface area contributed by atoms with Crippen LogP contribution in [0.25, 0.3) is 0 Å². The van der Waals surface area contributed by atoms with Crippen LogP contribution < -0.4 is 10.6 Å². The first-order chi connectivity index (χ1) is 13.4. The largest absolute Gasteiger partial charge is 0.465 e. The summed E-state index contributed by atoms with van der Waals surface area (Å²) in [5.41, 5.74) is -0.162. The smallest absolute Gasteiger partial charge is 0.341 e. The van der Waals surface area contributed by atoms with E-state index in [1.165, 1.54) is 0 Å². The zero-order valence-corrected chi connectivity index (χ0v) is 15.7. The van der Waals surface area contributed by atoms with Crippen LogP contribution in [0.15, 0.2) is 47.2 Å². The molecule has 0 aliphatic carbocycles. The van der Waals surface area contributed by atoms with Gasteiger partial charge in [-0.2, -0.15) is 0 Å². The number of carbonyl (C=O) groups is 4. The summed E-state index contributed by atoms with van der Waals surface area (Å²) >= 11 is 0. The summed E-state index contributed by atoms with van der Waals surface area (Å²) in [5.74, 6) is -3.53. The lowest BCUT2D eigenvalue weighted by molar-refractivity contribution is -0.142. The van der Waals surface area contributed by atoms with Gasteiger partial charge in [0.15, 0.2) is 0 Å². The van der Waals surface area contributed by atoms with E-state index in [2.05, 4.69) is 10.6 Å². The third kappa shape index (κ3) is 4.56. The quantitative estimate of drug-likeness (QED) is 0.428. The molecule has 28 heavy (non-hydrogen) atoms. The van der Waals surface area contributed by atoms with Crippen molar-refractivity contribution in [2.75, 3.05) is 31.0 Å². The van der Waals surface area contributed by atoms with Gasteiger partial charge in [0.25, 0.3) is 5.91 Å². The van der Waals surface area contributed by atoms with Gasteiger partial charge >= 0.3 is 17.9 Å². The third-order valence-corrected chi connectivity index (χ3v) is 3.61. The van der Waals surface area contributed by atoms with E-state index < -0.39 is 35.0 Å². The lowest BCUT2D eigenvalue weighted by atomic mass is 10.0. The standard InChI is InChI=1S/C19H20N2O7/c1-4-27-14(22)10-11(18(24)28-5-2)15(19(25)26-3)16-17(23)21-13-9-7-6-8-12(13)20-16/h6-10,20H,4-5H2,1-3H3,(H,21,23)/b11-10+,16-15-. The number of carbonyl (C=O) groups excluding carboxylic acids is 4. The van der Waals surface area contributed by atoms with Gasteiger partial charge in [0, 0.05) is 6.08 Å². The molecule has 0 spiro atoms. The first-order valence-corrected chi connectivity index (χ1v) is 8.48. The highest BCUT2D eigenvalue weighted by atomic mass is 16.5. The number of benzene rings is 1. The Bertz CT molecular complexity index is 871. The average Bonchev–Trinajstić information content (AvgIpc) is 2.67. The minimum Gasteiger partial charge on any atom is -0.465 e. The molecule has 1 aliphatic rings. The minimum atomic E-state index is -0.999. The Morgan fingerprint density at radius 3 is 2.14 bits per heavy atom. The molecule has 0 atom stereocenters. The molecule has 1 aliphatic heterocycles. The van der Waals surface area contributed by atoms with Gasteiger partial charge in [-0.05, 0) is 26.0 Å². The molecular weight excluding hydrogens is 368 g/mol. The molecular formula is C19H20N2O7. The summed E-state index contributed by atoms with van der Waals surface area (Å²) in [5, 5.41) is 5.42. The van der Waals surface area contributed by atoms with E-state index in [1.54, 1.807) is 38.1 Å². The Morgan fingerprint density at radius 2 is 1.57 bits per heavy atom. The number of hydrogen-bond donors (Lipinski definition) is 2. The fourth-order valence-electron chi connectivity index (χ4n) is 2.45. The number of amides is 1. The van der Waals surface area contributed by atoms with Crippen LogP contribution in [-0.4, -0.2) is 44.1 Å². The van der Waals surface area contributed by atoms with Crippen LogP contribution in [0.1, 0.15) is 13.8 Å². The number of hydrogen-bond acceptors (Lipinski definition) is 8. The fourth-order valence-corrected chi connectivity index (χ4v) is 2.45. The monoisotopic (exact) mass is 388 g/mol. The van der Waals surface area contributed by atoms with Crippen LogP contribution in [0, 0.1) is 0 Å². The number of nitrogens with one attached hydrogen (secondary N) is 2. The number of anilines is 2. The molecule has 0 fully saturated rings. The van der Waals surface area contributed by atoms with Gasteiger partial charge in [0.05, 0.1) is 37.3 Å². The van der Waals surface area contributed by atoms with Gasteiger partial charge in [-0.15, -0.1) is 0 Å². The maximum absolute atomic E-state index is 12.6. The number of rotatable bonds is 6. The first-order valence-electron chi connectivity index (χ1n) is 8.48. The lowest BCUT2D eigenvalue weighted by Gasteiger charge is -2.23. The Hall–Kier alpha value is -3.62. The molecule has 0 saturated heterocycles. The maximum atomic E-state index is 12.6. The lowest BCUT2D eigenvalue weighted by Crippen LogP contribution is -2.31. The number of fused-ring (bicyclic) bond motifs is 1. The summed E-state index contributed by atoms with van der Waals surface area (Å²) in [4.78, 5) is 49.4. The molecule has 9 heteroatoms. The second kappa shape index (κ2) is 9.36. The average molecular weight is 388 g/mol. The van der Waals surface area contributed by atoms with E-state index in [0.29, 0.717) is 11.4 Å². The predicted molar refractivity (Wildman–Crippen MR) is 99.1 cm³/mol. The first kappa shape index (κ1) is 20.7. The van der Waals surface area contributed by atoms with Crippen molar-refractivity contribution in [1.82, 2.24) is 0 Å². The van der Waals surface area contributed by atoms with Gasteiger partial charge in [-0.1, -0.05) is 12.1 Å². The van der Waals surface area contributed by atoms with Gasteiger partial charge in [0.2, 0.25) is 0 Å². The SMILES string of the molecule is CCOC(=O)/C=C(C(=O)OCC)\C(C(=O)OC)=C1\Nc2ccccc2NC1=O. The molecule has 1 amide bonds. The number of methoxy groups -OCH3 is 1. The van der Waals surface area contributed by atoms with Crippen LogP contribution in [0.3, 0.4) is 0 Å². The molecule has 1 aromatic rings. The molecule has 1 heterocycles. The molecule has 9 nitrogen and oxygen atoms in total. The zero-order chi connectivity index (χ0) is 20.7. The van der Waals surface area contributed by atoms with E-state index in [-0.39, 0.29) is 18.9 Å². The van der Waals surface area contributed by atoms with Crippen molar-refractivity contribution in [3.8, 4) is 0 Å². The minimum absolute atomic E-state index is 0.00869. The molecule has 148 valence electrons. The van der Waals surface area contributed by atoms with Crippen LogP contribution in [0.5, 0.6) is 0 Å². The number of ether oxygens (including phenoxy) is 3. The highest BCUT2D eigenvalue weighted by Crippen LogP contribution is 2.30. The molecule has 0 bridgehead atoms. The van der Waals surface area contributed by atoms with Crippen LogP contribution in [-0.2, 0) is 33.4 Å². The summed E-state index contributed by atoms with van der Waals surface area (Å²) in [6, 6.07) is 6.78. The van der Waals surface area contributed by atoms with Crippen molar-refractivity contribution in [1.29, 1.82) is 0 Å². The van der Waals surface area contributed by atoms with Crippen molar-refractivity contribution in [3.63, 3.8) is 0 Å². The zero-order valence-electron chi connectivity index (χ0n) is 15.7. The van der Waals surface area contributed by atoms with E-state index in [4.69, 9.17) is 14.2 Å². The van der Waals surface area contributed by atoms with Crippen molar-refractivity contribution in [2.24, 2.45) is 0 Å². The van der Waals surface area contributed by atoms with E-state index in [0.717, 1.165) is 13.2 Å². The third-order valence-electron chi connectivity index (χ3n) is 3.61. The van der Waals surface area contributed by atoms with Gasteiger partial charge in [-0.25, -0.2) is 14.4 Å². The molecule has 0 saturated carbocycles. The van der Waals surface area contributed by atoms with E-state index in [1.807, 2.05) is 0 Å². The highest BCUT2D eigenvalue weighted by Gasteiger charge is 2.33. The van der Waals surface area contributed by atoms with E-state index in [9.17, 15) is 19.2 Å². The second-order valence-electron chi connectivity index (χ2n) is 5.40. The fraction of sp³-hybridized carbons (Fsp3) is 0.263. The molecule has 0 aromatic heterocycles. The van der Waals surface area contributed by atoms with Crippen molar-refractivity contribution in [3.05, 3.63) is 47.2 Å². The summed E-state index contributed by atoms with van der Waals surface area (Å²) in [6.45, 7) is 3.20. The van der Waals surface area contributed by atoms with Crippen LogP contribution >= 0.6 is 0 Å². The summed E-state index contributed by atoms with van der Waals surface area (Å²) in [7, 11) is 1.09. The van der Waals surface area contributed by atoms with Crippen molar-refractivity contribution >= 4 is 35.2 Å². The Balaban J connectivity index is 2.66. The predicted octanol–water partition coefficient (Wildman–Crippen LogP) is 1.53. The normalized spacial score (nSPS) is 14.8. The second-order valence-corrected chi connectivity index (χ2v) is 5.40. The molecule has 0 unspecified atom stereocenters. The molecule has 1 aromatic carbocycles. The van der Waals surface area contributed by atoms with Crippen molar-refractivity contribution in [2.45, 2.75) is 13.8 Å². The number of para-hydroxylation sites is 2. The van der Waals surface area contributed by atoms with Gasteiger partial charge in [-0.3, -0.25) is 4.79 Å². The summed E-state index contributed by atoms with van der Waals surface area (Å²) in [6.07, 6.45) is 0.802. The molecule has 2 N–H and O–H groups in total. The maximum Gasteiger partial charge on any atom is 0.341 e. The highest BCUT2D eigenvalue weighted by molar-refractivity contribution is 6.20. The molecule has 0 radical (unpaired) electrons. The topological polar surface area (TPSA) is 120 Å². The van der Waals surface area contributed by atoms with E-state index >= 15 is 0 Å². The van der Waals surface area contributed by atoms with Crippen molar-refractivity contribution < 1.29 is 33.4 Å². The van der Waals surface area contributed by atoms with Crippen LogP contribution in [0.2, 0.25) is 0 Å².